The monoisotopic (exact) mass is 381 g/mol. The van der Waals surface area contributed by atoms with Gasteiger partial charge < -0.3 is 14.4 Å². The van der Waals surface area contributed by atoms with Gasteiger partial charge in [0.2, 0.25) is 5.24 Å². The summed E-state index contributed by atoms with van der Waals surface area (Å²) in [4.78, 5) is 14.6. The number of unbranched alkanes of at least 4 members (excludes halogenated alkanes) is 2. The number of carbonyl (C=O) groups is 1. The van der Waals surface area contributed by atoms with Gasteiger partial charge in [-0.3, -0.25) is 4.79 Å². The number of carbonyl (C=O) groups excluding carboxylic acids is 1. The molecular weight excluding hydrogens is 350 g/mol. The van der Waals surface area contributed by atoms with Crippen molar-refractivity contribution in [3.63, 3.8) is 0 Å². The lowest BCUT2D eigenvalue weighted by atomic mass is 9.98. The van der Waals surface area contributed by atoms with E-state index in [2.05, 4.69) is 43.9 Å². The van der Waals surface area contributed by atoms with Crippen LogP contribution in [0.25, 0.3) is 0 Å². The van der Waals surface area contributed by atoms with E-state index in [0.717, 1.165) is 44.2 Å². The molecule has 2 unspecified atom stereocenters. The van der Waals surface area contributed by atoms with Crippen molar-refractivity contribution in [3.05, 3.63) is 29.3 Å². The highest BCUT2D eigenvalue weighted by Crippen LogP contribution is 2.31. The lowest BCUT2D eigenvalue weighted by Crippen LogP contribution is -2.45. The first-order chi connectivity index (χ1) is 12.6. The number of anilines is 1. The van der Waals surface area contributed by atoms with Gasteiger partial charge in [0.1, 0.15) is 18.9 Å². The molecule has 1 aliphatic heterocycles. The van der Waals surface area contributed by atoms with E-state index in [4.69, 9.17) is 21.1 Å². The van der Waals surface area contributed by atoms with Crippen LogP contribution in [0.5, 0.6) is 0 Å². The van der Waals surface area contributed by atoms with Crippen LogP contribution in [0.2, 0.25) is 0 Å². The van der Waals surface area contributed by atoms with Crippen LogP contribution in [0.3, 0.4) is 0 Å². The molecule has 0 aliphatic carbocycles. The van der Waals surface area contributed by atoms with Crippen molar-refractivity contribution in [3.8, 4) is 0 Å². The Morgan fingerprint density at radius 3 is 2.42 bits per heavy atom. The standard InChI is InChI=1S/C21H32ClNO3/c1-4-7-8-12-19(21(22)24)23(13-18-14-25-15-26-18)20-16(5-2)10-9-11-17(20)6-3/h9-11,18-19H,4-8,12-15H2,1-3H3. The van der Waals surface area contributed by atoms with Crippen LogP contribution in [0, 0.1) is 0 Å². The predicted octanol–water partition coefficient (Wildman–Crippen LogP) is 4.71. The van der Waals surface area contributed by atoms with E-state index in [1.54, 1.807) is 0 Å². The van der Waals surface area contributed by atoms with E-state index in [0.29, 0.717) is 19.9 Å². The lowest BCUT2D eigenvalue weighted by Gasteiger charge is -2.36. The van der Waals surface area contributed by atoms with Crippen LogP contribution in [-0.4, -0.2) is 37.3 Å². The quantitative estimate of drug-likeness (QED) is 0.411. The molecule has 0 saturated carbocycles. The number of ether oxygens (including phenoxy) is 2. The van der Waals surface area contributed by atoms with Gasteiger partial charge in [0.05, 0.1) is 6.61 Å². The third-order valence-corrected chi connectivity index (χ3v) is 5.31. The minimum Gasteiger partial charge on any atom is -0.357 e. The summed E-state index contributed by atoms with van der Waals surface area (Å²) in [5.41, 5.74) is 3.66. The van der Waals surface area contributed by atoms with Crippen molar-refractivity contribution in [1.29, 1.82) is 0 Å². The van der Waals surface area contributed by atoms with Crippen molar-refractivity contribution >= 4 is 22.5 Å². The summed E-state index contributed by atoms with van der Waals surface area (Å²) in [6, 6.07) is 6.07. The highest BCUT2D eigenvalue weighted by molar-refractivity contribution is 6.65. The largest absolute Gasteiger partial charge is 0.357 e. The Morgan fingerprint density at radius 2 is 1.92 bits per heavy atom. The number of halogens is 1. The molecule has 26 heavy (non-hydrogen) atoms. The summed E-state index contributed by atoms with van der Waals surface area (Å²) < 4.78 is 11.1. The molecule has 1 aromatic carbocycles. The van der Waals surface area contributed by atoms with Gasteiger partial charge in [-0.25, -0.2) is 0 Å². The van der Waals surface area contributed by atoms with E-state index < -0.39 is 0 Å². The summed E-state index contributed by atoms with van der Waals surface area (Å²) in [5, 5.41) is -0.284. The Balaban J connectivity index is 2.40. The van der Waals surface area contributed by atoms with Gasteiger partial charge in [-0.2, -0.15) is 0 Å². The van der Waals surface area contributed by atoms with E-state index in [9.17, 15) is 4.79 Å². The first-order valence-electron chi connectivity index (χ1n) is 9.88. The van der Waals surface area contributed by atoms with Crippen LogP contribution in [0.1, 0.15) is 57.6 Å². The van der Waals surface area contributed by atoms with Gasteiger partial charge in [-0.05, 0) is 42.0 Å². The van der Waals surface area contributed by atoms with Crippen molar-refractivity contribution in [2.45, 2.75) is 71.4 Å². The molecule has 2 atom stereocenters. The van der Waals surface area contributed by atoms with E-state index in [-0.39, 0.29) is 17.4 Å². The Labute approximate surface area is 162 Å². The maximum atomic E-state index is 12.4. The second-order valence-corrected chi connectivity index (χ2v) is 7.25. The van der Waals surface area contributed by atoms with Crippen molar-refractivity contribution < 1.29 is 14.3 Å². The molecule has 0 aromatic heterocycles. The van der Waals surface area contributed by atoms with Crippen molar-refractivity contribution in [1.82, 2.24) is 0 Å². The number of hydrogen-bond donors (Lipinski definition) is 0. The first-order valence-corrected chi connectivity index (χ1v) is 10.3. The van der Waals surface area contributed by atoms with Crippen molar-refractivity contribution in [2.75, 3.05) is 24.8 Å². The molecule has 1 heterocycles. The Kier molecular flexibility index (Phi) is 8.89. The topological polar surface area (TPSA) is 38.8 Å². The van der Waals surface area contributed by atoms with Gasteiger partial charge >= 0.3 is 0 Å². The molecule has 0 N–H and O–H groups in total. The third-order valence-electron chi connectivity index (χ3n) is 5.06. The number of benzene rings is 1. The summed E-state index contributed by atoms with van der Waals surface area (Å²) in [6.45, 7) is 7.98. The molecule has 1 aliphatic rings. The zero-order valence-corrected chi connectivity index (χ0v) is 17.1. The highest BCUT2D eigenvalue weighted by Gasteiger charge is 2.31. The van der Waals surface area contributed by atoms with E-state index in [1.165, 1.54) is 11.1 Å². The molecule has 0 amide bonds. The van der Waals surface area contributed by atoms with Gasteiger partial charge in [0.25, 0.3) is 0 Å². The molecule has 5 heteroatoms. The summed E-state index contributed by atoms with van der Waals surface area (Å²) >= 11 is 6.09. The fourth-order valence-electron chi connectivity index (χ4n) is 3.63. The fraction of sp³-hybridized carbons (Fsp3) is 0.667. The second-order valence-electron chi connectivity index (χ2n) is 6.88. The summed E-state index contributed by atoms with van der Waals surface area (Å²) in [7, 11) is 0. The molecular formula is C21H32ClNO3. The molecule has 0 spiro atoms. The molecule has 2 rings (SSSR count). The number of nitrogens with zero attached hydrogens (tertiary/aromatic N) is 1. The average molecular weight is 382 g/mol. The normalized spacial score (nSPS) is 18.1. The van der Waals surface area contributed by atoms with Crippen molar-refractivity contribution in [2.24, 2.45) is 0 Å². The van der Waals surface area contributed by atoms with E-state index >= 15 is 0 Å². The molecule has 0 radical (unpaired) electrons. The van der Waals surface area contributed by atoms with Crippen LogP contribution >= 0.6 is 11.6 Å². The summed E-state index contributed by atoms with van der Waals surface area (Å²) in [6.07, 6.45) is 5.79. The summed E-state index contributed by atoms with van der Waals surface area (Å²) in [5.74, 6) is 0. The smallest absolute Gasteiger partial charge is 0.244 e. The maximum absolute atomic E-state index is 12.4. The highest BCUT2D eigenvalue weighted by atomic mass is 35.5. The first kappa shape index (κ1) is 21.2. The Bertz CT molecular complexity index is 550. The SMILES string of the molecule is CCCCCC(C(=O)Cl)N(CC1COCO1)c1c(CC)cccc1CC. The van der Waals surface area contributed by atoms with E-state index in [1.807, 2.05) is 0 Å². The molecule has 0 bridgehead atoms. The third kappa shape index (κ3) is 5.45. The maximum Gasteiger partial charge on any atom is 0.244 e. The van der Waals surface area contributed by atoms with Crippen LogP contribution in [0.15, 0.2) is 18.2 Å². The number of hydrogen-bond acceptors (Lipinski definition) is 4. The van der Waals surface area contributed by atoms with Gasteiger partial charge in [-0.1, -0.05) is 58.2 Å². The van der Waals surface area contributed by atoms with Gasteiger partial charge in [-0.15, -0.1) is 0 Å². The van der Waals surface area contributed by atoms with Gasteiger partial charge in [0.15, 0.2) is 0 Å². The minimum absolute atomic E-state index is 0.0330. The number of aryl methyl sites for hydroxylation is 2. The van der Waals surface area contributed by atoms with Gasteiger partial charge in [0, 0.05) is 12.2 Å². The molecule has 1 saturated heterocycles. The molecule has 146 valence electrons. The lowest BCUT2D eigenvalue weighted by molar-refractivity contribution is -0.113. The minimum atomic E-state index is -0.328. The Morgan fingerprint density at radius 1 is 1.23 bits per heavy atom. The van der Waals surface area contributed by atoms with Crippen LogP contribution < -0.4 is 4.90 Å². The second kappa shape index (κ2) is 10.9. The number of para-hydroxylation sites is 1. The molecule has 1 aromatic rings. The predicted molar refractivity (Wildman–Crippen MR) is 107 cm³/mol. The average Bonchev–Trinajstić information content (AvgIpc) is 3.16. The number of rotatable bonds is 11. The van der Waals surface area contributed by atoms with Crippen LogP contribution in [0.4, 0.5) is 5.69 Å². The fourth-order valence-corrected chi connectivity index (χ4v) is 3.86. The Hall–Kier alpha value is -1.10. The molecule has 1 fully saturated rings. The van der Waals surface area contributed by atoms with Crippen LogP contribution in [-0.2, 0) is 27.1 Å². The zero-order chi connectivity index (χ0) is 18.9. The molecule has 4 nitrogen and oxygen atoms in total. The zero-order valence-electron chi connectivity index (χ0n) is 16.3.